The third-order valence-corrected chi connectivity index (χ3v) is 3.05. The Hall–Kier alpha value is -1.68. The van der Waals surface area contributed by atoms with E-state index in [4.69, 9.17) is 9.47 Å². The van der Waals surface area contributed by atoms with Gasteiger partial charge in [-0.05, 0) is 6.07 Å². The summed E-state index contributed by atoms with van der Waals surface area (Å²) >= 11 is 0. The number of anilines is 1. The summed E-state index contributed by atoms with van der Waals surface area (Å²) in [6.07, 6.45) is 0.198. The van der Waals surface area contributed by atoms with E-state index in [1.165, 1.54) is 0 Å². The fourth-order valence-electron chi connectivity index (χ4n) is 2.23. The predicted molar refractivity (Wildman–Crippen MR) is 59.2 cm³/mol. The fourth-order valence-corrected chi connectivity index (χ4v) is 2.23. The summed E-state index contributed by atoms with van der Waals surface area (Å²) in [5.74, 6) is 1.41. The smallest absolute Gasteiger partial charge is 0.193 e. The van der Waals surface area contributed by atoms with E-state index in [0.29, 0.717) is 12.5 Å². The van der Waals surface area contributed by atoms with Crippen molar-refractivity contribution in [2.24, 2.45) is 0 Å². The Balaban J connectivity index is 2.12. The van der Waals surface area contributed by atoms with E-state index < -0.39 is 6.10 Å². The van der Waals surface area contributed by atoms with Crippen LogP contribution in [0.25, 0.3) is 0 Å². The minimum atomic E-state index is -0.580. The van der Waals surface area contributed by atoms with Crippen molar-refractivity contribution >= 4 is 5.69 Å². The Morgan fingerprint density at radius 1 is 1.50 bits per heavy atom. The van der Waals surface area contributed by atoms with Gasteiger partial charge in [0, 0.05) is 17.6 Å². The van der Waals surface area contributed by atoms with E-state index in [0.717, 1.165) is 29.0 Å². The molecule has 16 heavy (non-hydrogen) atoms. The maximum atomic E-state index is 10.2. The van der Waals surface area contributed by atoms with E-state index in [2.05, 4.69) is 5.32 Å². The molecule has 4 heteroatoms. The SMILES string of the molecule is COc1cccc2c1NC1=C(CCO1)C2O. The van der Waals surface area contributed by atoms with Crippen LogP contribution in [0.1, 0.15) is 18.1 Å². The molecule has 0 bridgehead atoms. The molecule has 0 fully saturated rings. The Morgan fingerprint density at radius 2 is 2.38 bits per heavy atom. The van der Waals surface area contributed by atoms with Gasteiger partial charge in [0.15, 0.2) is 5.88 Å². The van der Waals surface area contributed by atoms with Crippen LogP contribution in [0.5, 0.6) is 5.75 Å². The van der Waals surface area contributed by atoms with Gasteiger partial charge in [0.25, 0.3) is 0 Å². The summed E-state index contributed by atoms with van der Waals surface area (Å²) in [6.45, 7) is 0.630. The lowest BCUT2D eigenvalue weighted by Crippen LogP contribution is -2.16. The summed E-state index contributed by atoms with van der Waals surface area (Å²) in [5, 5.41) is 13.4. The molecule has 2 aliphatic rings. The van der Waals surface area contributed by atoms with Crippen LogP contribution >= 0.6 is 0 Å². The zero-order chi connectivity index (χ0) is 11.1. The molecule has 0 aliphatic carbocycles. The van der Waals surface area contributed by atoms with Gasteiger partial charge in [0.2, 0.25) is 0 Å². The Morgan fingerprint density at radius 3 is 3.19 bits per heavy atom. The van der Waals surface area contributed by atoms with Gasteiger partial charge in [-0.3, -0.25) is 0 Å². The zero-order valence-corrected chi connectivity index (χ0v) is 8.99. The molecule has 0 saturated carbocycles. The Labute approximate surface area is 93.5 Å². The molecule has 0 amide bonds. The van der Waals surface area contributed by atoms with Crippen LogP contribution in [0.3, 0.4) is 0 Å². The number of rotatable bonds is 1. The first-order chi connectivity index (χ1) is 7.81. The maximum absolute atomic E-state index is 10.2. The first-order valence-electron chi connectivity index (χ1n) is 5.29. The van der Waals surface area contributed by atoms with Gasteiger partial charge in [-0.1, -0.05) is 12.1 Å². The first kappa shape index (κ1) is 9.54. The van der Waals surface area contributed by atoms with Crippen LogP contribution in [0.15, 0.2) is 29.7 Å². The summed E-state index contributed by atoms with van der Waals surface area (Å²) in [4.78, 5) is 0. The van der Waals surface area contributed by atoms with Crippen molar-refractivity contribution < 1.29 is 14.6 Å². The minimum absolute atomic E-state index is 0.580. The monoisotopic (exact) mass is 219 g/mol. The molecule has 4 nitrogen and oxygen atoms in total. The molecule has 1 unspecified atom stereocenters. The van der Waals surface area contributed by atoms with Crippen molar-refractivity contribution in [3.05, 3.63) is 35.2 Å². The summed E-state index contributed by atoms with van der Waals surface area (Å²) in [5.41, 5.74) is 2.59. The fraction of sp³-hybridized carbons (Fsp3) is 0.333. The molecule has 84 valence electrons. The number of fused-ring (bicyclic) bond motifs is 1. The molecule has 0 spiro atoms. The van der Waals surface area contributed by atoms with E-state index in [9.17, 15) is 5.11 Å². The lowest BCUT2D eigenvalue weighted by Gasteiger charge is -2.25. The van der Waals surface area contributed by atoms with Gasteiger partial charge >= 0.3 is 0 Å². The maximum Gasteiger partial charge on any atom is 0.193 e. The molecule has 3 rings (SSSR count). The zero-order valence-electron chi connectivity index (χ0n) is 8.99. The largest absolute Gasteiger partial charge is 0.495 e. The van der Waals surface area contributed by atoms with E-state index in [-0.39, 0.29) is 0 Å². The number of aliphatic hydroxyl groups is 1. The lowest BCUT2D eigenvalue weighted by molar-refractivity contribution is 0.208. The van der Waals surface area contributed by atoms with Crippen LogP contribution in [-0.4, -0.2) is 18.8 Å². The highest BCUT2D eigenvalue weighted by atomic mass is 16.5. The number of hydrogen-bond donors (Lipinski definition) is 2. The van der Waals surface area contributed by atoms with Crippen molar-refractivity contribution in [1.82, 2.24) is 0 Å². The van der Waals surface area contributed by atoms with Gasteiger partial charge < -0.3 is 19.9 Å². The molecule has 0 aromatic heterocycles. The van der Waals surface area contributed by atoms with Crippen molar-refractivity contribution in [2.75, 3.05) is 19.0 Å². The number of ether oxygens (including phenoxy) is 2. The predicted octanol–water partition coefficient (Wildman–Crippen LogP) is 1.79. The molecule has 1 aromatic carbocycles. The highest BCUT2D eigenvalue weighted by Crippen LogP contribution is 2.43. The molecule has 0 saturated heterocycles. The van der Waals surface area contributed by atoms with Gasteiger partial charge in [-0.2, -0.15) is 0 Å². The van der Waals surface area contributed by atoms with E-state index >= 15 is 0 Å². The molecule has 0 radical (unpaired) electrons. The summed E-state index contributed by atoms with van der Waals surface area (Å²) < 4.78 is 10.7. The third kappa shape index (κ3) is 1.20. The van der Waals surface area contributed by atoms with Crippen LogP contribution in [-0.2, 0) is 4.74 Å². The number of benzene rings is 1. The van der Waals surface area contributed by atoms with Gasteiger partial charge in [0.05, 0.1) is 19.4 Å². The molecule has 1 atom stereocenters. The molecule has 2 heterocycles. The van der Waals surface area contributed by atoms with Crippen LogP contribution in [0.2, 0.25) is 0 Å². The Bertz CT molecular complexity index is 467. The lowest BCUT2D eigenvalue weighted by atomic mass is 9.95. The number of para-hydroxylation sites is 1. The standard InChI is InChI=1S/C12H13NO3/c1-15-9-4-2-3-7-10(9)13-12-8(11(7)14)5-6-16-12/h2-4,11,13-14H,5-6H2,1H3. The van der Waals surface area contributed by atoms with Crippen LogP contribution in [0, 0.1) is 0 Å². The second-order valence-corrected chi connectivity index (χ2v) is 3.90. The average Bonchev–Trinajstić information content (AvgIpc) is 2.77. The highest BCUT2D eigenvalue weighted by molar-refractivity contribution is 5.69. The minimum Gasteiger partial charge on any atom is -0.495 e. The molecular weight excluding hydrogens is 206 g/mol. The van der Waals surface area contributed by atoms with Crippen LogP contribution in [0.4, 0.5) is 5.69 Å². The van der Waals surface area contributed by atoms with Gasteiger partial charge in [0.1, 0.15) is 11.9 Å². The second-order valence-electron chi connectivity index (χ2n) is 3.90. The molecule has 2 N–H and O–H groups in total. The number of aliphatic hydroxyl groups excluding tert-OH is 1. The average molecular weight is 219 g/mol. The molecular formula is C12H13NO3. The van der Waals surface area contributed by atoms with E-state index in [1.54, 1.807) is 7.11 Å². The van der Waals surface area contributed by atoms with Crippen LogP contribution < -0.4 is 10.1 Å². The summed E-state index contributed by atoms with van der Waals surface area (Å²) in [6, 6.07) is 5.64. The number of hydrogen-bond acceptors (Lipinski definition) is 4. The topological polar surface area (TPSA) is 50.7 Å². The van der Waals surface area contributed by atoms with E-state index in [1.807, 2.05) is 18.2 Å². The highest BCUT2D eigenvalue weighted by Gasteiger charge is 2.32. The number of methoxy groups -OCH3 is 1. The van der Waals surface area contributed by atoms with Gasteiger partial charge in [-0.25, -0.2) is 0 Å². The molecule has 2 aliphatic heterocycles. The van der Waals surface area contributed by atoms with Crippen molar-refractivity contribution in [2.45, 2.75) is 12.5 Å². The summed E-state index contributed by atoms with van der Waals surface area (Å²) in [7, 11) is 1.61. The van der Waals surface area contributed by atoms with Crippen molar-refractivity contribution in [1.29, 1.82) is 0 Å². The number of nitrogens with one attached hydrogen (secondary N) is 1. The van der Waals surface area contributed by atoms with Crippen molar-refractivity contribution in [3.63, 3.8) is 0 Å². The van der Waals surface area contributed by atoms with Gasteiger partial charge in [-0.15, -0.1) is 0 Å². The van der Waals surface area contributed by atoms with Crippen molar-refractivity contribution in [3.8, 4) is 5.75 Å². The normalized spacial score (nSPS) is 22.0. The quantitative estimate of drug-likeness (QED) is 0.756. The Kier molecular flexibility index (Phi) is 2.04. The third-order valence-electron chi connectivity index (χ3n) is 3.05. The molecule has 1 aromatic rings. The first-order valence-corrected chi connectivity index (χ1v) is 5.29. The second kappa shape index (κ2) is 3.42.